The Morgan fingerprint density at radius 3 is 1.09 bits per heavy atom. The molecular formula is C21H21O11P3. The highest BCUT2D eigenvalue weighted by molar-refractivity contribution is 7.91. The molecule has 0 amide bonds. The molecule has 186 valence electrons. The average Bonchev–Trinajstić information content (AvgIpc) is 2.79. The van der Waals surface area contributed by atoms with Crippen molar-refractivity contribution in [2.45, 2.75) is 4.64 Å². The smallest absolute Gasteiger partial charge is 0.421 e. The highest BCUT2D eigenvalue weighted by atomic mass is 31.3. The van der Waals surface area contributed by atoms with Crippen LogP contribution in [-0.4, -0.2) is 32.4 Å². The van der Waals surface area contributed by atoms with Gasteiger partial charge in [-0.25, -0.2) is 18.5 Å². The molecule has 0 heterocycles. The molecule has 3 N–H and O–H groups in total. The zero-order valence-corrected chi connectivity index (χ0v) is 20.8. The van der Waals surface area contributed by atoms with Crippen LogP contribution in [0.2, 0.25) is 0 Å². The standard InChI is InChI=1S/C21H21O11P3/c1-29-20(22)21(33(23,24)30-17-11-5-2-6-12-17,34(25,26)31-18-13-7-3-8-14-18)35(27,28)32-19-15-9-4-10-16-19/h2-16H,1H3,(H,23,24)(H,25,26)(H,27,28). The molecular weight excluding hydrogens is 521 g/mol. The second-order valence-corrected chi connectivity index (χ2v) is 13.6. The van der Waals surface area contributed by atoms with E-state index in [4.69, 9.17) is 13.6 Å². The van der Waals surface area contributed by atoms with Crippen molar-refractivity contribution in [1.29, 1.82) is 0 Å². The molecule has 0 aromatic heterocycles. The first-order valence-electron chi connectivity index (χ1n) is 9.78. The van der Waals surface area contributed by atoms with Gasteiger partial charge >= 0.3 is 33.4 Å². The number of carbonyl (C=O) groups is 1. The summed E-state index contributed by atoms with van der Waals surface area (Å²) in [5, 5.41) is 0. The molecule has 0 saturated heterocycles. The van der Waals surface area contributed by atoms with Crippen LogP contribution < -0.4 is 13.6 Å². The van der Waals surface area contributed by atoms with E-state index < -0.39 is 33.4 Å². The summed E-state index contributed by atoms with van der Waals surface area (Å²) in [7, 11) is -17.3. The van der Waals surface area contributed by atoms with E-state index in [9.17, 15) is 33.2 Å². The predicted octanol–water partition coefficient (Wildman–Crippen LogP) is 4.61. The Bertz CT molecular complexity index is 1150. The first kappa shape index (κ1) is 26.7. The van der Waals surface area contributed by atoms with Crippen LogP contribution >= 0.6 is 22.8 Å². The summed E-state index contributed by atoms with van der Waals surface area (Å²) < 4.78 is 56.5. The van der Waals surface area contributed by atoms with Gasteiger partial charge in [0, 0.05) is 0 Å². The molecule has 14 heteroatoms. The first-order valence-corrected chi connectivity index (χ1v) is 14.5. The normalized spacial score (nSPS) is 17.9. The third-order valence-electron chi connectivity index (χ3n) is 4.56. The Hall–Kier alpha value is -2.90. The van der Waals surface area contributed by atoms with Crippen LogP contribution in [0.5, 0.6) is 17.2 Å². The lowest BCUT2D eigenvalue weighted by molar-refractivity contribution is -0.140. The summed E-state index contributed by atoms with van der Waals surface area (Å²) in [5.41, 5.74) is 0. The molecule has 3 rings (SSSR count). The van der Waals surface area contributed by atoms with Crippen molar-refractivity contribution in [1.82, 2.24) is 0 Å². The van der Waals surface area contributed by atoms with E-state index in [-0.39, 0.29) is 17.2 Å². The summed E-state index contributed by atoms with van der Waals surface area (Å²) in [5.74, 6) is -3.11. The lowest BCUT2D eigenvalue weighted by Crippen LogP contribution is -2.43. The lowest BCUT2D eigenvalue weighted by atomic mass is 10.3. The van der Waals surface area contributed by atoms with Gasteiger partial charge in [-0.15, -0.1) is 0 Å². The van der Waals surface area contributed by atoms with Crippen molar-refractivity contribution in [2.24, 2.45) is 0 Å². The van der Waals surface area contributed by atoms with Gasteiger partial charge in [0.1, 0.15) is 17.2 Å². The van der Waals surface area contributed by atoms with Crippen molar-refractivity contribution in [3.8, 4) is 17.2 Å². The highest BCUT2D eigenvalue weighted by Gasteiger charge is 2.83. The van der Waals surface area contributed by atoms with Crippen LogP contribution in [0.4, 0.5) is 0 Å². The zero-order chi connectivity index (χ0) is 25.7. The third kappa shape index (κ3) is 5.21. The Kier molecular flexibility index (Phi) is 7.92. The van der Waals surface area contributed by atoms with Crippen molar-refractivity contribution in [3.63, 3.8) is 0 Å². The lowest BCUT2D eigenvalue weighted by Gasteiger charge is -2.37. The Morgan fingerprint density at radius 2 is 0.857 bits per heavy atom. The van der Waals surface area contributed by atoms with E-state index in [0.29, 0.717) is 7.11 Å². The number of ether oxygens (including phenoxy) is 1. The molecule has 0 bridgehead atoms. The van der Waals surface area contributed by atoms with Crippen LogP contribution in [0.25, 0.3) is 0 Å². The Morgan fingerprint density at radius 1 is 0.600 bits per heavy atom. The number of para-hydroxylation sites is 3. The Balaban J connectivity index is 2.29. The number of benzene rings is 3. The number of methoxy groups -OCH3 is 1. The van der Waals surface area contributed by atoms with Crippen molar-refractivity contribution < 1.29 is 51.5 Å². The van der Waals surface area contributed by atoms with Gasteiger partial charge in [0.2, 0.25) is 0 Å². The van der Waals surface area contributed by atoms with Crippen LogP contribution in [0, 0.1) is 0 Å². The molecule has 3 aromatic rings. The topological polar surface area (TPSA) is 166 Å². The number of carbonyl (C=O) groups excluding carboxylic acids is 1. The molecule has 0 radical (unpaired) electrons. The molecule has 0 saturated carbocycles. The molecule has 0 spiro atoms. The van der Waals surface area contributed by atoms with E-state index in [1.807, 2.05) is 0 Å². The maximum atomic E-state index is 13.7. The van der Waals surface area contributed by atoms with E-state index in [2.05, 4.69) is 4.74 Å². The molecule has 35 heavy (non-hydrogen) atoms. The van der Waals surface area contributed by atoms with Crippen molar-refractivity contribution in [2.75, 3.05) is 7.11 Å². The minimum atomic E-state index is -6.00. The van der Waals surface area contributed by atoms with Crippen LogP contribution in [0.3, 0.4) is 0 Å². The predicted molar refractivity (Wildman–Crippen MR) is 125 cm³/mol. The van der Waals surface area contributed by atoms with Gasteiger partial charge in [-0.05, 0) is 36.4 Å². The summed E-state index contributed by atoms with van der Waals surface area (Å²) in [6.45, 7) is 0. The highest BCUT2D eigenvalue weighted by Crippen LogP contribution is 2.86. The monoisotopic (exact) mass is 542 g/mol. The van der Waals surface area contributed by atoms with E-state index in [1.165, 1.54) is 91.0 Å². The Labute approximate surface area is 200 Å². The van der Waals surface area contributed by atoms with Crippen molar-refractivity contribution >= 4 is 28.8 Å². The minimum Gasteiger partial charge on any atom is -0.467 e. The molecule has 0 fully saturated rings. The molecule has 3 aromatic carbocycles. The SMILES string of the molecule is COC(=O)C(P(=O)(O)Oc1ccccc1)(P(=O)(O)Oc1ccccc1)P(=O)(O)Oc1ccccc1. The second-order valence-electron chi connectivity index (χ2n) is 6.90. The average molecular weight is 542 g/mol. The van der Waals surface area contributed by atoms with Crippen LogP contribution in [-0.2, 0) is 23.2 Å². The fraction of sp³-hybridized carbons (Fsp3) is 0.0952. The number of esters is 1. The van der Waals surface area contributed by atoms with E-state index >= 15 is 0 Å². The maximum absolute atomic E-state index is 13.7. The first-order chi connectivity index (χ1) is 16.5. The summed E-state index contributed by atoms with van der Waals surface area (Å²) in [6, 6.07) is 20.1. The van der Waals surface area contributed by atoms with Gasteiger partial charge in [-0.3, -0.25) is 0 Å². The molecule has 3 atom stereocenters. The number of hydrogen-bond donors (Lipinski definition) is 3. The molecule has 0 aliphatic carbocycles. The fourth-order valence-corrected chi connectivity index (χ4v) is 10.2. The van der Waals surface area contributed by atoms with Crippen LogP contribution in [0.1, 0.15) is 0 Å². The van der Waals surface area contributed by atoms with Gasteiger partial charge in [0.25, 0.3) is 0 Å². The molecule has 0 aliphatic rings. The van der Waals surface area contributed by atoms with Gasteiger partial charge in [0.05, 0.1) is 7.11 Å². The largest absolute Gasteiger partial charge is 0.467 e. The van der Waals surface area contributed by atoms with Crippen LogP contribution in [0.15, 0.2) is 91.0 Å². The molecule has 11 nitrogen and oxygen atoms in total. The quantitative estimate of drug-likeness (QED) is 0.242. The fourth-order valence-electron chi connectivity index (χ4n) is 3.03. The van der Waals surface area contributed by atoms with E-state index in [1.54, 1.807) is 0 Å². The van der Waals surface area contributed by atoms with Gasteiger partial charge in [0.15, 0.2) is 0 Å². The zero-order valence-electron chi connectivity index (χ0n) is 18.1. The molecule has 3 unspecified atom stereocenters. The number of hydrogen-bond acceptors (Lipinski definition) is 8. The number of rotatable bonds is 10. The van der Waals surface area contributed by atoms with Gasteiger partial charge in [-0.1, -0.05) is 54.6 Å². The van der Waals surface area contributed by atoms with Gasteiger partial charge in [-0.2, -0.15) is 0 Å². The summed E-state index contributed by atoms with van der Waals surface area (Å²) in [6.07, 6.45) is 0. The summed E-state index contributed by atoms with van der Waals surface area (Å²) in [4.78, 5) is 46.1. The minimum absolute atomic E-state index is 0.356. The summed E-state index contributed by atoms with van der Waals surface area (Å²) >= 11 is 0. The third-order valence-corrected chi connectivity index (χ3v) is 13.4. The molecule has 0 aliphatic heterocycles. The van der Waals surface area contributed by atoms with Gasteiger partial charge < -0.3 is 33.0 Å². The second kappa shape index (κ2) is 10.4. The van der Waals surface area contributed by atoms with Crippen molar-refractivity contribution in [3.05, 3.63) is 91.0 Å². The van der Waals surface area contributed by atoms with E-state index in [0.717, 1.165) is 0 Å². The maximum Gasteiger partial charge on any atom is 0.421 e.